The third kappa shape index (κ3) is 2.39. The third-order valence-electron chi connectivity index (χ3n) is 4.18. The molecule has 0 amide bonds. The number of phenols is 1. The first-order valence-corrected chi connectivity index (χ1v) is 7.05. The fourth-order valence-electron chi connectivity index (χ4n) is 3.06. The van der Waals surface area contributed by atoms with E-state index in [2.05, 4.69) is 0 Å². The van der Waals surface area contributed by atoms with Gasteiger partial charge in [-0.05, 0) is 30.4 Å². The number of hydrogen-bond acceptors (Lipinski definition) is 1. The van der Waals surface area contributed by atoms with Gasteiger partial charge in [0.1, 0.15) is 0 Å². The van der Waals surface area contributed by atoms with Crippen LogP contribution in [-0.2, 0) is 0 Å². The summed E-state index contributed by atoms with van der Waals surface area (Å²) in [6.07, 6.45) is 3.88. The maximum atomic E-state index is 14.4. The zero-order valence-corrected chi connectivity index (χ0v) is 11.4. The molecule has 0 aromatic heterocycles. The molecule has 21 heavy (non-hydrogen) atoms. The molecule has 0 bridgehead atoms. The van der Waals surface area contributed by atoms with Crippen LogP contribution >= 0.6 is 0 Å². The van der Waals surface area contributed by atoms with Crippen molar-refractivity contribution in [3.8, 4) is 16.9 Å². The Morgan fingerprint density at radius 1 is 0.857 bits per heavy atom. The van der Waals surface area contributed by atoms with Gasteiger partial charge in [-0.15, -0.1) is 0 Å². The van der Waals surface area contributed by atoms with Gasteiger partial charge in [-0.25, -0.2) is 13.2 Å². The standard InChI is InChI=1S/C17H15F3O/c18-14-7-3-6-12(15(14)19)13-9-8-11(16(20)17(13)21)10-4-1-2-5-10/h3,6-10,21H,1-2,4-5H2. The molecule has 0 radical (unpaired) electrons. The highest BCUT2D eigenvalue weighted by Crippen LogP contribution is 2.41. The van der Waals surface area contributed by atoms with Crippen molar-refractivity contribution < 1.29 is 18.3 Å². The largest absolute Gasteiger partial charge is 0.504 e. The maximum Gasteiger partial charge on any atom is 0.168 e. The van der Waals surface area contributed by atoms with Gasteiger partial charge < -0.3 is 5.11 Å². The summed E-state index contributed by atoms with van der Waals surface area (Å²) in [5, 5.41) is 10.0. The molecular weight excluding hydrogens is 277 g/mol. The molecule has 4 heteroatoms. The van der Waals surface area contributed by atoms with Gasteiger partial charge in [0.25, 0.3) is 0 Å². The number of phenolic OH excluding ortho intramolecular Hbond substituents is 1. The van der Waals surface area contributed by atoms with Crippen LogP contribution < -0.4 is 0 Å². The van der Waals surface area contributed by atoms with Crippen LogP contribution in [0.1, 0.15) is 37.2 Å². The fraction of sp³-hybridized carbons (Fsp3) is 0.294. The predicted molar refractivity (Wildman–Crippen MR) is 74.6 cm³/mol. The van der Waals surface area contributed by atoms with E-state index in [1.165, 1.54) is 18.2 Å². The summed E-state index contributed by atoms with van der Waals surface area (Å²) >= 11 is 0. The third-order valence-corrected chi connectivity index (χ3v) is 4.18. The van der Waals surface area contributed by atoms with E-state index in [1.54, 1.807) is 6.07 Å². The van der Waals surface area contributed by atoms with Crippen LogP contribution in [0.2, 0.25) is 0 Å². The smallest absolute Gasteiger partial charge is 0.168 e. The average Bonchev–Trinajstić information content (AvgIpc) is 2.99. The number of rotatable bonds is 2. The van der Waals surface area contributed by atoms with Crippen LogP contribution in [0.25, 0.3) is 11.1 Å². The fourth-order valence-corrected chi connectivity index (χ4v) is 3.06. The van der Waals surface area contributed by atoms with Crippen LogP contribution in [-0.4, -0.2) is 5.11 Å². The van der Waals surface area contributed by atoms with Gasteiger partial charge in [-0.2, -0.15) is 0 Å². The quantitative estimate of drug-likeness (QED) is 0.813. The summed E-state index contributed by atoms with van der Waals surface area (Å²) in [6, 6.07) is 6.67. The molecule has 1 fully saturated rings. The number of hydrogen-bond donors (Lipinski definition) is 1. The molecule has 1 nitrogen and oxygen atoms in total. The van der Waals surface area contributed by atoms with Gasteiger partial charge in [-0.3, -0.25) is 0 Å². The second kappa shape index (κ2) is 5.43. The Hall–Kier alpha value is -1.97. The average molecular weight is 292 g/mol. The van der Waals surface area contributed by atoms with E-state index in [9.17, 15) is 18.3 Å². The van der Waals surface area contributed by atoms with Crippen molar-refractivity contribution in [2.24, 2.45) is 0 Å². The first-order valence-electron chi connectivity index (χ1n) is 7.05. The zero-order chi connectivity index (χ0) is 15.0. The van der Waals surface area contributed by atoms with E-state index in [4.69, 9.17) is 0 Å². The Morgan fingerprint density at radius 2 is 1.57 bits per heavy atom. The molecule has 2 aromatic carbocycles. The Labute approximate surface area is 121 Å². The molecule has 3 rings (SSSR count). The molecule has 0 aliphatic heterocycles. The normalized spacial score (nSPS) is 15.6. The lowest BCUT2D eigenvalue weighted by Gasteiger charge is -2.14. The van der Waals surface area contributed by atoms with Crippen molar-refractivity contribution in [3.63, 3.8) is 0 Å². The lowest BCUT2D eigenvalue weighted by Crippen LogP contribution is -1.99. The van der Waals surface area contributed by atoms with Gasteiger partial charge in [0.2, 0.25) is 0 Å². The SMILES string of the molecule is Oc1c(-c2cccc(F)c2F)ccc(C2CCCC2)c1F. The van der Waals surface area contributed by atoms with E-state index in [0.717, 1.165) is 31.7 Å². The summed E-state index contributed by atoms with van der Waals surface area (Å²) in [7, 11) is 0. The molecule has 0 saturated heterocycles. The summed E-state index contributed by atoms with van der Waals surface area (Å²) < 4.78 is 41.4. The Morgan fingerprint density at radius 3 is 2.29 bits per heavy atom. The van der Waals surface area contributed by atoms with Gasteiger partial charge in [0, 0.05) is 11.1 Å². The first kappa shape index (κ1) is 14.0. The van der Waals surface area contributed by atoms with Crippen molar-refractivity contribution in [3.05, 3.63) is 53.3 Å². The predicted octanol–water partition coefficient (Wildman–Crippen LogP) is 5.13. The highest BCUT2D eigenvalue weighted by molar-refractivity contribution is 5.71. The second-order valence-corrected chi connectivity index (χ2v) is 5.45. The van der Waals surface area contributed by atoms with Crippen molar-refractivity contribution in [2.45, 2.75) is 31.6 Å². The van der Waals surface area contributed by atoms with Crippen molar-refractivity contribution in [1.82, 2.24) is 0 Å². The zero-order valence-electron chi connectivity index (χ0n) is 11.4. The topological polar surface area (TPSA) is 20.2 Å². The monoisotopic (exact) mass is 292 g/mol. The number of halogens is 3. The van der Waals surface area contributed by atoms with Gasteiger partial charge in [-0.1, -0.05) is 37.1 Å². The molecule has 0 unspecified atom stereocenters. The Kier molecular flexibility index (Phi) is 3.62. The molecule has 0 spiro atoms. The lowest BCUT2D eigenvalue weighted by molar-refractivity contribution is 0.426. The molecule has 110 valence electrons. The van der Waals surface area contributed by atoms with Crippen molar-refractivity contribution in [1.29, 1.82) is 0 Å². The molecular formula is C17H15F3O. The van der Waals surface area contributed by atoms with Crippen molar-refractivity contribution in [2.75, 3.05) is 0 Å². The maximum absolute atomic E-state index is 14.4. The van der Waals surface area contributed by atoms with E-state index in [0.29, 0.717) is 5.56 Å². The van der Waals surface area contributed by atoms with Crippen LogP contribution in [0, 0.1) is 17.5 Å². The van der Waals surface area contributed by atoms with E-state index < -0.39 is 23.2 Å². The van der Waals surface area contributed by atoms with Crippen LogP contribution in [0.3, 0.4) is 0 Å². The second-order valence-electron chi connectivity index (χ2n) is 5.45. The molecule has 1 aliphatic rings. The highest BCUT2D eigenvalue weighted by Gasteiger charge is 2.24. The molecule has 2 aromatic rings. The Bertz CT molecular complexity index is 676. The van der Waals surface area contributed by atoms with Gasteiger partial charge >= 0.3 is 0 Å². The summed E-state index contributed by atoms with van der Waals surface area (Å²) in [5.74, 6) is -3.33. The summed E-state index contributed by atoms with van der Waals surface area (Å²) in [6.45, 7) is 0. The molecule has 1 saturated carbocycles. The minimum Gasteiger partial charge on any atom is -0.504 e. The molecule has 0 atom stereocenters. The molecule has 1 aliphatic carbocycles. The number of aromatic hydroxyl groups is 1. The van der Waals surface area contributed by atoms with Crippen LogP contribution in [0.5, 0.6) is 5.75 Å². The summed E-state index contributed by atoms with van der Waals surface area (Å²) in [4.78, 5) is 0. The van der Waals surface area contributed by atoms with Crippen molar-refractivity contribution >= 4 is 0 Å². The minimum absolute atomic E-state index is 0.0220. The molecule has 1 N–H and O–H groups in total. The first-order chi connectivity index (χ1) is 10.1. The van der Waals surface area contributed by atoms with E-state index >= 15 is 0 Å². The van der Waals surface area contributed by atoms with Crippen LogP contribution in [0.15, 0.2) is 30.3 Å². The van der Waals surface area contributed by atoms with Crippen LogP contribution in [0.4, 0.5) is 13.2 Å². The molecule has 0 heterocycles. The lowest BCUT2D eigenvalue weighted by atomic mass is 9.93. The Balaban J connectivity index is 2.09. The van der Waals surface area contributed by atoms with E-state index in [1.807, 2.05) is 0 Å². The minimum atomic E-state index is -1.08. The van der Waals surface area contributed by atoms with E-state index in [-0.39, 0.29) is 17.0 Å². The van der Waals surface area contributed by atoms with Gasteiger partial charge in [0.15, 0.2) is 23.2 Å². The van der Waals surface area contributed by atoms with Gasteiger partial charge in [0.05, 0.1) is 0 Å². The number of benzene rings is 2. The summed E-state index contributed by atoms with van der Waals surface area (Å²) in [5.41, 5.74) is 0.307. The highest BCUT2D eigenvalue weighted by atomic mass is 19.2.